The highest BCUT2D eigenvalue weighted by molar-refractivity contribution is 14.0. The van der Waals surface area contributed by atoms with Gasteiger partial charge in [0.25, 0.3) is 0 Å². The first-order chi connectivity index (χ1) is 14.2. The maximum Gasteiger partial charge on any atom is 0.191 e. The van der Waals surface area contributed by atoms with Gasteiger partial charge < -0.3 is 10.6 Å². The molecule has 5 nitrogen and oxygen atoms in total. The largest absolute Gasteiger partial charge is 0.356 e. The Bertz CT molecular complexity index is 644. The minimum absolute atomic E-state index is 0. The van der Waals surface area contributed by atoms with E-state index in [1.54, 1.807) is 0 Å². The summed E-state index contributed by atoms with van der Waals surface area (Å²) in [5.74, 6) is 1.70. The van der Waals surface area contributed by atoms with Crippen LogP contribution in [-0.2, 0) is 6.54 Å². The molecule has 2 aliphatic rings. The number of nitrogens with one attached hydrogen (secondary N) is 2. The molecule has 1 aromatic carbocycles. The zero-order chi connectivity index (χ0) is 20.5. The van der Waals surface area contributed by atoms with Gasteiger partial charge in [0.15, 0.2) is 5.96 Å². The Balaban J connectivity index is 0.00000320. The number of aliphatic imine (C=N–C) groups is 1. The van der Waals surface area contributed by atoms with Crippen LogP contribution < -0.4 is 10.6 Å². The van der Waals surface area contributed by atoms with E-state index < -0.39 is 0 Å². The lowest BCUT2D eigenvalue weighted by Gasteiger charge is -2.34. The van der Waals surface area contributed by atoms with E-state index >= 15 is 0 Å². The van der Waals surface area contributed by atoms with Crippen molar-refractivity contribution in [2.24, 2.45) is 10.9 Å². The van der Waals surface area contributed by atoms with Gasteiger partial charge in [0, 0.05) is 45.8 Å². The molecule has 6 heteroatoms. The molecule has 2 saturated heterocycles. The summed E-state index contributed by atoms with van der Waals surface area (Å²) in [4.78, 5) is 9.51. The normalized spacial score (nSPS) is 19.9. The highest BCUT2D eigenvalue weighted by Crippen LogP contribution is 2.19. The van der Waals surface area contributed by atoms with Crippen molar-refractivity contribution in [2.75, 3.05) is 46.3 Å². The van der Waals surface area contributed by atoms with Crippen LogP contribution in [0.25, 0.3) is 0 Å². The molecule has 3 rings (SSSR count). The summed E-state index contributed by atoms with van der Waals surface area (Å²) in [5, 5.41) is 7.21. The summed E-state index contributed by atoms with van der Waals surface area (Å²) in [5.41, 5.74) is 2.76. The van der Waals surface area contributed by atoms with Crippen molar-refractivity contribution in [3.8, 4) is 0 Å². The third-order valence-electron chi connectivity index (χ3n) is 6.33. The Morgan fingerprint density at radius 2 is 1.70 bits per heavy atom. The predicted molar refractivity (Wildman–Crippen MR) is 139 cm³/mol. The Morgan fingerprint density at radius 3 is 2.30 bits per heavy atom. The number of guanidine groups is 1. The van der Waals surface area contributed by atoms with Crippen molar-refractivity contribution in [3.63, 3.8) is 0 Å². The lowest BCUT2D eigenvalue weighted by atomic mass is 9.96. The number of halogens is 1. The summed E-state index contributed by atoms with van der Waals surface area (Å²) in [6, 6.07) is 9.49. The summed E-state index contributed by atoms with van der Waals surface area (Å²) in [6.07, 6.45) is 6.86. The summed E-state index contributed by atoms with van der Waals surface area (Å²) in [7, 11) is 1.88. The quantitative estimate of drug-likeness (QED) is 0.247. The molecule has 2 heterocycles. The molecular formula is C24H40IN5. The average molecular weight is 526 g/mol. The lowest BCUT2D eigenvalue weighted by molar-refractivity contribution is 0.178. The summed E-state index contributed by atoms with van der Waals surface area (Å²) in [6.45, 7) is 13.7. The van der Waals surface area contributed by atoms with E-state index in [0.717, 1.165) is 44.6 Å². The zero-order valence-corrected chi connectivity index (χ0v) is 21.1. The van der Waals surface area contributed by atoms with E-state index in [0.29, 0.717) is 6.04 Å². The maximum atomic E-state index is 4.45. The lowest BCUT2D eigenvalue weighted by Crippen LogP contribution is -2.49. The first kappa shape index (κ1) is 25.1. The van der Waals surface area contributed by atoms with Crippen LogP contribution >= 0.6 is 24.0 Å². The van der Waals surface area contributed by atoms with Gasteiger partial charge in [-0.3, -0.25) is 14.8 Å². The first-order valence-electron chi connectivity index (χ1n) is 11.2. The minimum atomic E-state index is 0. The number of nitrogens with zero attached hydrogens (tertiary/aromatic N) is 3. The molecule has 2 N–H and O–H groups in total. The van der Waals surface area contributed by atoms with Gasteiger partial charge in [-0.2, -0.15) is 0 Å². The first-order valence-corrected chi connectivity index (χ1v) is 11.2. The van der Waals surface area contributed by atoms with Crippen molar-refractivity contribution >= 4 is 29.9 Å². The average Bonchev–Trinajstić information content (AvgIpc) is 2.75. The van der Waals surface area contributed by atoms with E-state index in [-0.39, 0.29) is 24.0 Å². The second-order valence-corrected chi connectivity index (χ2v) is 8.67. The number of likely N-dealkylation sites (tertiary alicyclic amines) is 2. The number of piperidine rings is 2. The Kier molecular flexibility index (Phi) is 11.2. The van der Waals surface area contributed by atoms with Crippen LogP contribution in [0, 0.1) is 12.8 Å². The SMILES string of the molecule is C=CCN1CCC(NC(=NC)NCC2CCN(Cc3ccc(C)cc3)CC2)CC1.I. The van der Waals surface area contributed by atoms with Crippen LogP contribution in [-0.4, -0.2) is 68.1 Å². The van der Waals surface area contributed by atoms with E-state index in [9.17, 15) is 0 Å². The molecule has 2 aliphatic heterocycles. The topological polar surface area (TPSA) is 42.9 Å². The molecule has 0 unspecified atom stereocenters. The molecule has 30 heavy (non-hydrogen) atoms. The third-order valence-corrected chi connectivity index (χ3v) is 6.33. The predicted octanol–water partition coefficient (Wildman–Crippen LogP) is 3.64. The molecule has 0 saturated carbocycles. The van der Waals surface area contributed by atoms with Crippen LogP contribution in [0.2, 0.25) is 0 Å². The molecule has 0 amide bonds. The maximum absolute atomic E-state index is 4.45. The van der Waals surface area contributed by atoms with Crippen molar-refractivity contribution in [3.05, 3.63) is 48.0 Å². The van der Waals surface area contributed by atoms with E-state index in [4.69, 9.17) is 0 Å². The summed E-state index contributed by atoms with van der Waals surface area (Å²) >= 11 is 0. The van der Waals surface area contributed by atoms with Gasteiger partial charge in [-0.1, -0.05) is 35.9 Å². The van der Waals surface area contributed by atoms with E-state index in [2.05, 4.69) is 63.2 Å². The highest BCUT2D eigenvalue weighted by atomic mass is 127. The third kappa shape index (κ3) is 8.19. The number of aryl methyl sites for hydroxylation is 1. The molecule has 0 atom stereocenters. The fourth-order valence-electron chi connectivity index (χ4n) is 4.37. The molecule has 0 spiro atoms. The molecular weight excluding hydrogens is 485 g/mol. The smallest absolute Gasteiger partial charge is 0.191 e. The van der Waals surface area contributed by atoms with Crippen LogP contribution in [0.15, 0.2) is 41.9 Å². The Hall–Kier alpha value is -1.12. The number of hydrogen-bond acceptors (Lipinski definition) is 3. The molecule has 0 bridgehead atoms. The van der Waals surface area contributed by atoms with Gasteiger partial charge in [-0.15, -0.1) is 30.6 Å². The van der Waals surface area contributed by atoms with Crippen molar-refractivity contribution in [1.82, 2.24) is 20.4 Å². The van der Waals surface area contributed by atoms with Crippen LogP contribution in [0.4, 0.5) is 0 Å². The standard InChI is InChI=1S/C24H39N5.HI/c1-4-13-28-16-11-23(12-17-28)27-24(25-3)26-18-21-9-14-29(15-10-21)19-22-7-5-20(2)6-8-22;/h4-8,21,23H,1,9-19H2,2-3H3,(H2,25,26,27);1H. The molecule has 0 aromatic heterocycles. The Labute approximate surface area is 200 Å². The van der Waals surface area contributed by atoms with Crippen molar-refractivity contribution < 1.29 is 0 Å². The van der Waals surface area contributed by atoms with Gasteiger partial charge in [0.1, 0.15) is 0 Å². The van der Waals surface area contributed by atoms with Crippen LogP contribution in [0.1, 0.15) is 36.8 Å². The van der Waals surface area contributed by atoms with Crippen molar-refractivity contribution in [1.29, 1.82) is 0 Å². The fourth-order valence-corrected chi connectivity index (χ4v) is 4.37. The molecule has 168 valence electrons. The van der Waals surface area contributed by atoms with Crippen LogP contribution in [0.5, 0.6) is 0 Å². The second-order valence-electron chi connectivity index (χ2n) is 8.67. The second kappa shape index (κ2) is 13.3. The summed E-state index contributed by atoms with van der Waals surface area (Å²) < 4.78 is 0. The van der Waals surface area contributed by atoms with E-state index in [1.165, 1.54) is 49.9 Å². The zero-order valence-electron chi connectivity index (χ0n) is 18.8. The van der Waals surface area contributed by atoms with Gasteiger partial charge in [0.2, 0.25) is 0 Å². The monoisotopic (exact) mass is 525 g/mol. The van der Waals surface area contributed by atoms with Gasteiger partial charge in [-0.05, 0) is 57.2 Å². The number of rotatable bonds is 7. The van der Waals surface area contributed by atoms with Gasteiger partial charge in [0.05, 0.1) is 0 Å². The Morgan fingerprint density at radius 1 is 1.07 bits per heavy atom. The minimum Gasteiger partial charge on any atom is -0.356 e. The molecule has 2 fully saturated rings. The fraction of sp³-hybridized carbons (Fsp3) is 0.625. The molecule has 0 radical (unpaired) electrons. The van der Waals surface area contributed by atoms with Crippen LogP contribution in [0.3, 0.4) is 0 Å². The number of benzene rings is 1. The van der Waals surface area contributed by atoms with E-state index in [1.807, 2.05) is 13.1 Å². The molecule has 1 aromatic rings. The van der Waals surface area contributed by atoms with Gasteiger partial charge in [-0.25, -0.2) is 0 Å². The highest BCUT2D eigenvalue weighted by Gasteiger charge is 2.21. The number of hydrogen-bond donors (Lipinski definition) is 2. The molecule has 0 aliphatic carbocycles. The van der Waals surface area contributed by atoms with Crippen molar-refractivity contribution in [2.45, 2.75) is 45.2 Å². The van der Waals surface area contributed by atoms with Gasteiger partial charge >= 0.3 is 0 Å².